The van der Waals surface area contributed by atoms with Gasteiger partial charge in [-0.05, 0) is 12.1 Å². The van der Waals surface area contributed by atoms with Crippen LogP contribution in [-0.4, -0.2) is 16.0 Å². The van der Waals surface area contributed by atoms with Crippen molar-refractivity contribution in [1.29, 1.82) is 0 Å². The number of carboxylic acid groups (broad SMARTS) is 1. The van der Waals surface area contributed by atoms with Crippen molar-refractivity contribution in [1.82, 2.24) is 0 Å². The van der Waals surface area contributed by atoms with Crippen molar-refractivity contribution in [2.45, 2.75) is 6.61 Å². The highest BCUT2D eigenvalue weighted by atomic mass is 19.1. The Balaban J connectivity index is 2.11. The number of nitro benzene ring substituents is 1. The van der Waals surface area contributed by atoms with Gasteiger partial charge >= 0.3 is 11.7 Å². The number of carbonyl (C=O) groups is 1. The number of halogens is 1. The van der Waals surface area contributed by atoms with Crippen LogP contribution in [0.1, 0.15) is 16.1 Å². The van der Waals surface area contributed by atoms with Gasteiger partial charge in [0.05, 0.1) is 11.2 Å². The molecule has 0 bridgehead atoms. The summed E-state index contributed by atoms with van der Waals surface area (Å²) in [4.78, 5) is 20.4. The van der Waals surface area contributed by atoms with E-state index in [2.05, 4.69) is 0 Å². The van der Waals surface area contributed by atoms with E-state index in [4.69, 9.17) is 14.3 Å². The predicted molar refractivity (Wildman–Crippen MR) is 63.1 cm³/mol. The zero-order valence-electron chi connectivity index (χ0n) is 9.91. The molecule has 0 unspecified atom stereocenters. The molecule has 1 heterocycles. The quantitative estimate of drug-likeness (QED) is 0.667. The van der Waals surface area contributed by atoms with E-state index in [0.717, 1.165) is 12.1 Å². The largest absolute Gasteiger partial charge is 0.489 e. The van der Waals surface area contributed by atoms with Crippen molar-refractivity contribution in [2.24, 2.45) is 0 Å². The Kier molecular flexibility index (Phi) is 3.65. The fourth-order valence-corrected chi connectivity index (χ4v) is 1.52. The van der Waals surface area contributed by atoms with Crippen LogP contribution in [0.5, 0.6) is 5.75 Å². The van der Waals surface area contributed by atoms with Gasteiger partial charge in [0.1, 0.15) is 12.4 Å². The number of hydrogen-bond acceptors (Lipinski definition) is 5. The van der Waals surface area contributed by atoms with E-state index in [1.165, 1.54) is 18.4 Å². The van der Waals surface area contributed by atoms with Gasteiger partial charge in [-0.3, -0.25) is 10.1 Å². The van der Waals surface area contributed by atoms with Crippen molar-refractivity contribution >= 4 is 11.7 Å². The van der Waals surface area contributed by atoms with Crippen molar-refractivity contribution < 1.29 is 28.4 Å². The van der Waals surface area contributed by atoms with Crippen LogP contribution in [0, 0.1) is 15.9 Å². The molecule has 2 rings (SSSR count). The third-order valence-corrected chi connectivity index (χ3v) is 2.45. The Morgan fingerprint density at radius 1 is 1.45 bits per heavy atom. The monoisotopic (exact) mass is 281 g/mol. The molecular formula is C12H8FNO6. The van der Waals surface area contributed by atoms with Crippen molar-refractivity contribution in [3.05, 3.63) is 57.8 Å². The van der Waals surface area contributed by atoms with E-state index < -0.39 is 22.4 Å². The number of benzene rings is 1. The van der Waals surface area contributed by atoms with Gasteiger partial charge in [0.25, 0.3) is 0 Å². The van der Waals surface area contributed by atoms with E-state index in [1.54, 1.807) is 0 Å². The lowest BCUT2D eigenvalue weighted by molar-refractivity contribution is -0.387. The smallest absolute Gasteiger partial charge is 0.372 e. The van der Waals surface area contributed by atoms with Crippen molar-refractivity contribution in [3.8, 4) is 5.75 Å². The maximum absolute atomic E-state index is 13.3. The number of carboxylic acids is 1. The molecule has 0 amide bonds. The van der Waals surface area contributed by atoms with Crippen molar-refractivity contribution in [2.75, 3.05) is 0 Å². The molecule has 0 aliphatic rings. The molecule has 0 aliphatic heterocycles. The summed E-state index contributed by atoms with van der Waals surface area (Å²) in [7, 11) is 0. The summed E-state index contributed by atoms with van der Waals surface area (Å²) in [5, 5.41) is 19.3. The topological polar surface area (TPSA) is 103 Å². The molecule has 0 atom stereocenters. The van der Waals surface area contributed by atoms with Crippen molar-refractivity contribution in [3.63, 3.8) is 0 Å². The first-order valence-corrected chi connectivity index (χ1v) is 5.35. The first-order valence-electron chi connectivity index (χ1n) is 5.35. The molecule has 104 valence electrons. The summed E-state index contributed by atoms with van der Waals surface area (Å²) in [5.41, 5.74) is -0.386. The zero-order chi connectivity index (χ0) is 14.7. The number of nitro groups is 1. The second-order valence-corrected chi connectivity index (χ2v) is 3.74. The molecule has 0 spiro atoms. The number of ether oxygens (including phenoxy) is 1. The van der Waals surface area contributed by atoms with Crippen LogP contribution < -0.4 is 4.74 Å². The lowest BCUT2D eigenvalue weighted by Gasteiger charge is -2.05. The summed E-state index contributed by atoms with van der Waals surface area (Å²) >= 11 is 0. The van der Waals surface area contributed by atoms with E-state index in [1.807, 2.05) is 0 Å². The van der Waals surface area contributed by atoms with Crippen LogP contribution in [0.15, 0.2) is 34.9 Å². The van der Waals surface area contributed by atoms with Crippen LogP contribution >= 0.6 is 0 Å². The molecule has 7 nitrogen and oxygen atoms in total. The van der Waals surface area contributed by atoms with Gasteiger partial charge in [-0.1, -0.05) is 0 Å². The van der Waals surface area contributed by atoms with Gasteiger partial charge in [0, 0.05) is 17.7 Å². The molecular weight excluding hydrogens is 273 g/mol. The van der Waals surface area contributed by atoms with Gasteiger partial charge in [-0.2, -0.15) is 4.39 Å². The number of furan rings is 1. The minimum atomic E-state index is -1.25. The zero-order valence-corrected chi connectivity index (χ0v) is 9.91. The Bertz CT molecular complexity index is 666. The first kappa shape index (κ1) is 13.5. The number of rotatable bonds is 5. The Hall–Kier alpha value is -2.90. The Labute approximate surface area is 111 Å². The second-order valence-electron chi connectivity index (χ2n) is 3.74. The maximum atomic E-state index is 13.3. The fourth-order valence-electron chi connectivity index (χ4n) is 1.52. The van der Waals surface area contributed by atoms with Crippen LogP contribution in [0.3, 0.4) is 0 Å². The molecule has 0 radical (unpaired) electrons. The molecule has 0 aliphatic carbocycles. The van der Waals surface area contributed by atoms with Crippen LogP contribution in [0.25, 0.3) is 0 Å². The SMILES string of the molecule is O=C(O)c1occc1COc1ccc([N+](=O)[O-])c(F)c1. The maximum Gasteiger partial charge on any atom is 0.372 e. The molecule has 20 heavy (non-hydrogen) atoms. The fraction of sp³-hybridized carbons (Fsp3) is 0.0833. The highest BCUT2D eigenvalue weighted by Gasteiger charge is 2.16. The Morgan fingerprint density at radius 3 is 2.80 bits per heavy atom. The summed E-state index contributed by atoms with van der Waals surface area (Å²) in [6.07, 6.45) is 1.19. The predicted octanol–water partition coefficient (Wildman–Crippen LogP) is 2.60. The molecule has 2 aromatic rings. The van der Waals surface area contributed by atoms with Gasteiger partial charge < -0.3 is 14.3 Å². The summed E-state index contributed by atoms with van der Waals surface area (Å²) in [5.74, 6) is -2.50. The number of hydrogen-bond donors (Lipinski definition) is 1. The van der Waals surface area contributed by atoms with E-state index in [0.29, 0.717) is 0 Å². The number of aromatic carboxylic acids is 1. The third-order valence-electron chi connectivity index (χ3n) is 2.45. The average molecular weight is 281 g/mol. The molecule has 0 saturated heterocycles. The highest BCUT2D eigenvalue weighted by molar-refractivity contribution is 5.86. The van der Waals surface area contributed by atoms with E-state index in [-0.39, 0.29) is 23.7 Å². The van der Waals surface area contributed by atoms with Crippen LogP contribution in [0.2, 0.25) is 0 Å². The van der Waals surface area contributed by atoms with E-state index in [9.17, 15) is 19.3 Å². The lowest BCUT2D eigenvalue weighted by Crippen LogP contribution is -2.03. The Morgan fingerprint density at radius 2 is 2.20 bits per heavy atom. The van der Waals surface area contributed by atoms with Crippen LogP contribution in [-0.2, 0) is 6.61 Å². The lowest BCUT2D eigenvalue weighted by atomic mass is 10.2. The molecule has 1 N–H and O–H groups in total. The van der Waals surface area contributed by atoms with Gasteiger partial charge in [-0.15, -0.1) is 0 Å². The highest BCUT2D eigenvalue weighted by Crippen LogP contribution is 2.23. The van der Waals surface area contributed by atoms with Gasteiger partial charge in [0.15, 0.2) is 0 Å². The molecule has 0 saturated carbocycles. The first-order chi connectivity index (χ1) is 9.49. The van der Waals surface area contributed by atoms with E-state index >= 15 is 0 Å². The summed E-state index contributed by atoms with van der Waals surface area (Å²) in [6, 6.07) is 4.46. The minimum absolute atomic E-state index is 0.0469. The standard InChI is InChI=1S/C12H8FNO6/c13-9-5-8(1-2-10(9)14(17)18)20-6-7-3-4-19-11(7)12(15)16/h1-5H,6H2,(H,15,16). The molecule has 8 heteroatoms. The van der Waals surface area contributed by atoms with Gasteiger partial charge in [0.2, 0.25) is 11.6 Å². The molecule has 1 aromatic heterocycles. The molecule has 0 fully saturated rings. The second kappa shape index (κ2) is 5.39. The molecule has 1 aromatic carbocycles. The minimum Gasteiger partial charge on any atom is -0.489 e. The normalized spacial score (nSPS) is 10.2. The van der Waals surface area contributed by atoms with Crippen LogP contribution in [0.4, 0.5) is 10.1 Å². The number of nitrogens with zero attached hydrogens (tertiary/aromatic N) is 1. The average Bonchev–Trinajstić information content (AvgIpc) is 2.84. The summed E-state index contributed by atoms with van der Waals surface area (Å²) in [6.45, 7) is -0.157. The summed E-state index contributed by atoms with van der Waals surface area (Å²) < 4.78 is 23.3. The van der Waals surface area contributed by atoms with Gasteiger partial charge in [-0.25, -0.2) is 4.79 Å². The third kappa shape index (κ3) is 2.74.